The van der Waals surface area contributed by atoms with Gasteiger partial charge in [0.25, 0.3) is 0 Å². The van der Waals surface area contributed by atoms with Crippen LogP contribution in [0.4, 0.5) is 13.2 Å². The summed E-state index contributed by atoms with van der Waals surface area (Å²) in [6, 6.07) is 2.10. The first-order valence-corrected chi connectivity index (χ1v) is 7.70. The Morgan fingerprint density at radius 2 is 1.75 bits per heavy atom. The summed E-state index contributed by atoms with van der Waals surface area (Å²) in [5, 5.41) is -0.173. The van der Waals surface area contributed by atoms with Gasteiger partial charge in [0.15, 0.2) is 0 Å². The summed E-state index contributed by atoms with van der Waals surface area (Å²) in [5.41, 5.74) is -1.27. The first kappa shape index (κ1) is 17.3. The van der Waals surface area contributed by atoms with E-state index in [0.29, 0.717) is 6.07 Å². The second-order valence-corrected chi connectivity index (χ2v) is 6.91. The molecule has 0 aliphatic rings. The molecule has 0 aliphatic heterocycles. The molecule has 0 saturated heterocycles. The van der Waals surface area contributed by atoms with E-state index in [4.69, 9.17) is 11.6 Å². The highest BCUT2D eigenvalue weighted by Gasteiger charge is 2.37. The molecule has 3 nitrogen and oxygen atoms in total. The van der Waals surface area contributed by atoms with Crippen molar-refractivity contribution in [1.29, 1.82) is 0 Å². The fraction of sp³-hybridized carbons (Fsp3) is 0.500. The number of halogens is 4. The molecule has 20 heavy (non-hydrogen) atoms. The Morgan fingerprint density at radius 3 is 2.20 bits per heavy atom. The molecule has 114 valence electrons. The van der Waals surface area contributed by atoms with Crippen LogP contribution in [0, 0.1) is 5.92 Å². The number of rotatable bonds is 4. The molecule has 0 radical (unpaired) electrons. The SMILES string of the molecule is CC(C)[C@H](C)NS(=O)(=O)c1ccc(Cl)cc1C(F)(F)F. The van der Waals surface area contributed by atoms with Gasteiger partial charge >= 0.3 is 6.18 Å². The van der Waals surface area contributed by atoms with Crippen molar-refractivity contribution >= 4 is 21.6 Å². The Balaban J connectivity index is 3.32. The van der Waals surface area contributed by atoms with E-state index < -0.39 is 32.7 Å². The molecule has 8 heteroatoms. The molecule has 1 aromatic carbocycles. The van der Waals surface area contributed by atoms with E-state index >= 15 is 0 Å². The Morgan fingerprint density at radius 1 is 1.20 bits per heavy atom. The minimum atomic E-state index is -4.80. The van der Waals surface area contributed by atoms with Gasteiger partial charge in [0.1, 0.15) is 0 Å². The standard InChI is InChI=1S/C12H15ClF3NO2S/c1-7(2)8(3)17-20(18,19)11-5-4-9(13)6-10(11)12(14,15)16/h4-8,17H,1-3H3/t8-/m0/s1. The summed E-state index contributed by atoms with van der Waals surface area (Å²) in [7, 11) is -4.26. The lowest BCUT2D eigenvalue weighted by Crippen LogP contribution is -2.37. The molecule has 0 bridgehead atoms. The maximum atomic E-state index is 12.9. The van der Waals surface area contributed by atoms with Gasteiger partial charge in [-0.15, -0.1) is 0 Å². The Bertz CT molecular complexity index is 585. The number of sulfonamides is 1. The molecule has 1 rings (SSSR count). The smallest absolute Gasteiger partial charge is 0.208 e. The predicted molar refractivity (Wildman–Crippen MR) is 71.1 cm³/mol. The van der Waals surface area contributed by atoms with Crippen molar-refractivity contribution in [3.05, 3.63) is 28.8 Å². The van der Waals surface area contributed by atoms with Crippen molar-refractivity contribution in [3.63, 3.8) is 0 Å². The second kappa shape index (κ2) is 5.91. The van der Waals surface area contributed by atoms with Crippen LogP contribution in [0.1, 0.15) is 26.3 Å². The van der Waals surface area contributed by atoms with Crippen LogP contribution in [0.15, 0.2) is 23.1 Å². The summed E-state index contributed by atoms with van der Waals surface area (Å²) >= 11 is 5.51. The second-order valence-electron chi connectivity index (χ2n) is 4.79. The zero-order valence-corrected chi connectivity index (χ0v) is 12.7. The third-order valence-electron chi connectivity index (χ3n) is 2.88. The van der Waals surface area contributed by atoms with Gasteiger partial charge < -0.3 is 0 Å². The zero-order chi connectivity index (χ0) is 15.7. The van der Waals surface area contributed by atoms with Crippen LogP contribution in [0.25, 0.3) is 0 Å². The lowest BCUT2D eigenvalue weighted by Gasteiger charge is -2.19. The molecule has 0 spiro atoms. The summed E-state index contributed by atoms with van der Waals surface area (Å²) < 4.78 is 65.1. The summed E-state index contributed by atoms with van der Waals surface area (Å²) in [4.78, 5) is -0.818. The molecule has 0 unspecified atom stereocenters. The van der Waals surface area contributed by atoms with Crippen LogP contribution < -0.4 is 4.72 Å². The van der Waals surface area contributed by atoms with E-state index in [-0.39, 0.29) is 10.9 Å². The van der Waals surface area contributed by atoms with Crippen molar-refractivity contribution in [2.24, 2.45) is 5.92 Å². The van der Waals surface area contributed by atoms with Crippen LogP contribution in [0.5, 0.6) is 0 Å². The van der Waals surface area contributed by atoms with Gasteiger partial charge in [0, 0.05) is 11.1 Å². The van der Waals surface area contributed by atoms with Crippen molar-refractivity contribution in [2.75, 3.05) is 0 Å². The van der Waals surface area contributed by atoms with Crippen molar-refractivity contribution in [1.82, 2.24) is 4.72 Å². The van der Waals surface area contributed by atoms with Gasteiger partial charge in [-0.3, -0.25) is 0 Å². The molecule has 1 aromatic rings. The molecule has 0 amide bonds. The van der Waals surface area contributed by atoms with Gasteiger partial charge in [-0.1, -0.05) is 25.4 Å². The van der Waals surface area contributed by atoms with Crippen molar-refractivity contribution in [3.8, 4) is 0 Å². The van der Waals surface area contributed by atoms with Crippen LogP contribution in [-0.2, 0) is 16.2 Å². The maximum absolute atomic E-state index is 12.9. The Kier molecular flexibility index (Phi) is 5.10. The van der Waals surface area contributed by atoms with Crippen LogP contribution in [0.2, 0.25) is 5.02 Å². The van der Waals surface area contributed by atoms with E-state index in [1.54, 1.807) is 20.8 Å². The van der Waals surface area contributed by atoms with Gasteiger partial charge in [-0.25, -0.2) is 13.1 Å². The Hall–Kier alpha value is -0.790. The van der Waals surface area contributed by atoms with Gasteiger partial charge in [-0.2, -0.15) is 13.2 Å². The molecule has 0 fully saturated rings. The van der Waals surface area contributed by atoms with E-state index in [1.807, 2.05) is 0 Å². The average molecular weight is 330 g/mol. The molecular weight excluding hydrogens is 315 g/mol. The lowest BCUT2D eigenvalue weighted by atomic mass is 10.1. The first-order chi connectivity index (χ1) is 8.95. The fourth-order valence-electron chi connectivity index (χ4n) is 1.40. The van der Waals surface area contributed by atoms with E-state index in [1.165, 1.54) is 0 Å². The van der Waals surface area contributed by atoms with E-state index in [2.05, 4.69) is 4.72 Å². The summed E-state index contributed by atoms with van der Waals surface area (Å²) in [6.07, 6.45) is -4.80. The van der Waals surface area contributed by atoms with Crippen molar-refractivity contribution in [2.45, 2.75) is 37.9 Å². The third kappa shape index (κ3) is 4.10. The van der Waals surface area contributed by atoms with Crippen LogP contribution >= 0.6 is 11.6 Å². The lowest BCUT2D eigenvalue weighted by molar-refractivity contribution is -0.139. The highest BCUT2D eigenvalue weighted by molar-refractivity contribution is 7.89. The highest BCUT2D eigenvalue weighted by Crippen LogP contribution is 2.35. The molecule has 0 aromatic heterocycles. The minimum absolute atomic E-state index is 0.0496. The van der Waals surface area contributed by atoms with Gasteiger partial charge in [0.05, 0.1) is 10.5 Å². The van der Waals surface area contributed by atoms with Gasteiger partial charge in [-0.05, 0) is 31.0 Å². The van der Waals surface area contributed by atoms with Gasteiger partial charge in [0.2, 0.25) is 10.0 Å². The van der Waals surface area contributed by atoms with Crippen molar-refractivity contribution < 1.29 is 21.6 Å². The number of nitrogens with one attached hydrogen (secondary N) is 1. The van der Waals surface area contributed by atoms with E-state index in [9.17, 15) is 21.6 Å². The summed E-state index contributed by atoms with van der Waals surface area (Å²) in [5.74, 6) is -0.0496. The number of alkyl halides is 3. The minimum Gasteiger partial charge on any atom is -0.208 e. The van der Waals surface area contributed by atoms with Crippen LogP contribution in [0.3, 0.4) is 0 Å². The van der Waals surface area contributed by atoms with E-state index in [0.717, 1.165) is 12.1 Å². The normalized spacial score (nSPS) is 14.6. The molecule has 0 heterocycles. The monoisotopic (exact) mass is 329 g/mol. The Labute approximate surface area is 121 Å². The summed E-state index contributed by atoms with van der Waals surface area (Å²) in [6.45, 7) is 5.12. The largest absolute Gasteiger partial charge is 0.417 e. The average Bonchev–Trinajstić information content (AvgIpc) is 2.26. The highest BCUT2D eigenvalue weighted by atomic mass is 35.5. The molecule has 0 saturated carbocycles. The molecule has 0 aliphatic carbocycles. The number of hydrogen-bond donors (Lipinski definition) is 1. The topological polar surface area (TPSA) is 46.2 Å². The third-order valence-corrected chi connectivity index (χ3v) is 4.73. The van der Waals surface area contributed by atoms with Crippen LogP contribution in [-0.4, -0.2) is 14.5 Å². The maximum Gasteiger partial charge on any atom is 0.417 e. The molecular formula is C12H15ClF3NO2S. The number of benzene rings is 1. The quantitative estimate of drug-likeness (QED) is 0.916. The fourth-order valence-corrected chi connectivity index (χ4v) is 3.17. The predicted octanol–water partition coefficient (Wildman–Crippen LogP) is 3.68. The molecule has 1 N–H and O–H groups in total. The first-order valence-electron chi connectivity index (χ1n) is 5.84. The molecule has 1 atom stereocenters. The number of hydrogen-bond acceptors (Lipinski definition) is 2. The zero-order valence-electron chi connectivity index (χ0n) is 11.1.